The Labute approximate surface area is 268 Å². The second-order valence-electron chi connectivity index (χ2n) is 4.34. The number of hydrogen-bond acceptors (Lipinski definition) is 0. The number of halogens is 6. The Morgan fingerprint density at radius 1 is 0.333 bits per heavy atom. The van der Waals surface area contributed by atoms with Gasteiger partial charge in [0.05, 0.1) is 0 Å². The molecule has 0 N–H and O–H groups in total. The molecule has 3 aromatic rings. The van der Waals surface area contributed by atoms with Crippen LogP contribution in [0.2, 0.25) is 0 Å². The second-order valence-corrected chi connectivity index (χ2v) is 6.56. The molecule has 0 saturated heterocycles. The Hall–Kier alpha value is 2.58. The van der Waals surface area contributed by atoms with E-state index in [1.807, 2.05) is 0 Å². The third-order valence-electron chi connectivity index (χ3n) is 3.04. The zero-order valence-electron chi connectivity index (χ0n) is 13.9. The van der Waals surface area contributed by atoms with E-state index < -0.39 is 7.92 Å². The topological polar surface area (TPSA) is 0 Å². The fourth-order valence-electron chi connectivity index (χ4n) is 2.18. The first-order valence-electron chi connectivity index (χ1n) is 6.40. The van der Waals surface area contributed by atoms with E-state index in [1.54, 1.807) is 0 Å². The van der Waals surface area contributed by atoms with Crippen LogP contribution in [-0.4, -0.2) is 0 Å². The second kappa shape index (κ2) is 24.8. The van der Waals surface area contributed by atoms with Gasteiger partial charge in [0.1, 0.15) is 0 Å². The molecule has 0 fully saturated rings. The largest absolute Gasteiger partial charge is 3.00 e. The summed E-state index contributed by atoms with van der Waals surface area (Å²) in [5.74, 6) is 0. The molecule has 9 heteroatoms. The summed E-state index contributed by atoms with van der Waals surface area (Å²) in [6.07, 6.45) is 0. The third kappa shape index (κ3) is 13.6. The maximum absolute atomic E-state index is 2.23. The summed E-state index contributed by atoms with van der Waals surface area (Å²) >= 11 is 0. The van der Waals surface area contributed by atoms with Crippen LogP contribution < -0.4 is 90.4 Å². The van der Waals surface area contributed by atoms with Crippen LogP contribution in [0.4, 0.5) is 0 Å². The normalized spacial score (nSPS) is 7.44. The van der Waals surface area contributed by atoms with Gasteiger partial charge >= 0.3 is 83.5 Å². The van der Waals surface area contributed by atoms with E-state index in [9.17, 15) is 0 Å². The van der Waals surface area contributed by atoms with Crippen molar-refractivity contribution in [2.45, 2.75) is 0 Å². The molecule has 0 atom stereocenters. The summed E-state index contributed by atoms with van der Waals surface area (Å²) in [6, 6.07) is 32.3. The molecule has 0 aliphatic heterocycles. The van der Waals surface area contributed by atoms with Gasteiger partial charge in [-0.15, -0.1) is 0 Å². The Morgan fingerprint density at radius 2 is 0.519 bits per heavy atom. The van der Waals surface area contributed by atoms with Gasteiger partial charge in [-0.05, 0) is 23.8 Å². The number of hydrogen-bond donors (Lipinski definition) is 0. The van der Waals surface area contributed by atoms with Crippen LogP contribution in [0.25, 0.3) is 0 Å². The van der Waals surface area contributed by atoms with Crippen LogP contribution in [0.15, 0.2) is 91.0 Å². The molecular formula is C18H15Ce2Cl6P. The average Bonchev–Trinajstić information content (AvgIpc) is 2.51. The molecule has 0 heterocycles. The van der Waals surface area contributed by atoms with E-state index in [0.717, 1.165) is 0 Å². The monoisotopic (exact) mass is 752 g/mol. The number of rotatable bonds is 3. The van der Waals surface area contributed by atoms with Crippen molar-refractivity contribution in [1.29, 1.82) is 0 Å². The van der Waals surface area contributed by atoms with Gasteiger partial charge in [0.2, 0.25) is 0 Å². The van der Waals surface area contributed by atoms with Crippen LogP contribution in [0.3, 0.4) is 0 Å². The minimum Gasteiger partial charge on any atom is -1.00 e. The Morgan fingerprint density at radius 3 is 0.704 bits per heavy atom. The summed E-state index contributed by atoms with van der Waals surface area (Å²) in [7, 11) is -0.446. The van der Waals surface area contributed by atoms with E-state index in [2.05, 4.69) is 91.0 Å². The van der Waals surface area contributed by atoms with Crippen LogP contribution >= 0.6 is 7.92 Å². The third-order valence-corrected chi connectivity index (χ3v) is 5.49. The summed E-state index contributed by atoms with van der Waals surface area (Å²) in [6.45, 7) is 0. The van der Waals surface area contributed by atoms with Crippen molar-refractivity contribution < 1.29 is 158 Å². The van der Waals surface area contributed by atoms with Gasteiger partial charge in [-0.25, -0.2) is 0 Å². The minimum atomic E-state index is -0.446. The van der Waals surface area contributed by atoms with Gasteiger partial charge in [-0.2, -0.15) is 0 Å². The maximum atomic E-state index is 2.23. The molecule has 142 valence electrons. The van der Waals surface area contributed by atoms with E-state index in [0.29, 0.717) is 0 Å². The molecule has 0 saturated carbocycles. The summed E-state index contributed by atoms with van der Waals surface area (Å²) < 4.78 is 0. The van der Waals surface area contributed by atoms with Gasteiger partial charge < -0.3 is 74.4 Å². The molecule has 0 spiro atoms. The summed E-state index contributed by atoms with van der Waals surface area (Å²) in [5.41, 5.74) is 0. The first-order valence-corrected chi connectivity index (χ1v) is 7.74. The molecule has 0 amide bonds. The van der Waals surface area contributed by atoms with Gasteiger partial charge in [0.15, 0.2) is 0 Å². The average molecular weight is 755 g/mol. The molecule has 3 aromatic carbocycles. The van der Waals surface area contributed by atoms with Crippen molar-refractivity contribution in [3.05, 3.63) is 91.0 Å². The van der Waals surface area contributed by atoms with Gasteiger partial charge in [0.25, 0.3) is 0 Å². The predicted octanol–water partition coefficient (Wildman–Crippen LogP) is -14.5. The quantitative estimate of drug-likeness (QED) is 0.234. The Kier molecular flexibility index (Phi) is 40.0. The maximum Gasteiger partial charge on any atom is 3.00 e. The first-order chi connectivity index (χ1) is 9.45. The van der Waals surface area contributed by atoms with Crippen molar-refractivity contribution in [3.8, 4) is 0 Å². The molecule has 0 bridgehead atoms. The zero-order chi connectivity index (χ0) is 12.9. The number of benzene rings is 3. The minimum absolute atomic E-state index is 0. The molecule has 3 rings (SSSR count). The van der Waals surface area contributed by atoms with Crippen LogP contribution in [-0.2, 0) is 0 Å². The van der Waals surface area contributed by atoms with Crippen molar-refractivity contribution in [1.82, 2.24) is 0 Å². The van der Waals surface area contributed by atoms with E-state index in [-0.39, 0.29) is 158 Å². The van der Waals surface area contributed by atoms with E-state index >= 15 is 0 Å². The van der Waals surface area contributed by atoms with Gasteiger partial charge in [0, 0.05) is 0 Å². The van der Waals surface area contributed by atoms with Crippen LogP contribution in [0.1, 0.15) is 0 Å². The molecule has 0 aliphatic rings. The fourth-order valence-corrected chi connectivity index (χ4v) is 4.48. The zero-order valence-corrected chi connectivity index (χ0v) is 25.6. The van der Waals surface area contributed by atoms with Crippen molar-refractivity contribution in [2.24, 2.45) is 0 Å². The van der Waals surface area contributed by atoms with E-state index in [4.69, 9.17) is 0 Å². The molecule has 0 nitrogen and oxygen atoms in total. The molecular weight excluding hydrogens is 740 g/mol. The Bertz CT molecular complexity index is 554. The predicted molar refractivity (Wildman–Crippen MR) is 85.1 cm³/mol. The van der Waals surface area contributed by atoms with Crippen molar-refractivity contribution in [3.63, 3.8) is 0 Å². The van der Waals surface area contributed by atoms with Crippen molar-refractivity contribution >= 4 is 23.8 Å². The molecule has 0 unspecified atom stereocenters. The molecule has 2 radical (unpaired) electrons. The van der Waals surface area contributed by atoms with Crippen LogP contribution in [0.5, 0.6) is 0 Å². The standard InChI is InChI=1S/C18H15P.2Ce.6ClH/c1-4-10-16(11-5-1)19(17-12-6-2-7-13-17)18-14-8-3-9-15-18;;;;;;;;/h1-15H;;;6*1H/q;2*+3;;;;;;/p-6. The molecule has 0 aromatic heterocycles. The molecule has 0 aliphatic carbocycles. The summed E-state index contributed by atoms with van der Waals surface area (Å²) in [5, 5.41) is 4.19. The van der Waals surface area contributed by atoms with E-state index in [1.165, 1.54) is 15.9 Å². The first kappa shape index (κ1) is 43.5. The Balaban J connectivity index is -0.000000138. The smallest absolute Gasteiger partial charge is 1.00 e. The van der Waals surface area contributed by atoms with Gasteiger partial charge in [-0.1, -0.05) is 91.0 Å². The molecule has 27 heavy (non-hydrogen) atoms. The van der Waals surface area contributed by atoms with Gasteiger partial charge in [-0.3, -0.25) is 0 Å². The fraction of sp³-hybridized carbons (Fsp3) is 0. The SMILES string of the molecule is [Ce+3].[Ce+3].[Cl-].[Cl-].[Cl-].[Cl-].[Cl-].[Cl-].c1ccc(P(c2ccccc2)c2ccccc2)cc1. The van der Waals surface area contributed by atoms with Crippen LogP contribution in [0, 0.1) is 83.5 Å². The van der Waals surface area contributed by atoms with Crippen molar-refractivity contribution in [2.75, 3.05) is 0 Å². The summed E-state index contributed by atoms with van der Waals surface area (Å²) in [4.78, 5) is 0.